The summed E-state index contributed by atoms with van der Waals surface area (Å²) >= 11 is 0. The molecule has 0 bridgehead atoms. The topological polar surface area (TPSA) is 29.1 Å². The predicted molar refractivity (Wildman–Crippen MR) is 64.0 cm³/mol. The third-order valence-corrected chi connectivity index (χ3v) is 5.50. The van der Waals surface area contributed by atoms with Crippen LogP contribution in [-0.2, 0) is 4.79 Å². The lowest BCUT2D eigenvalue weighted by Gasteiger charge is -2.48. The Balaban J connectivity index is 1.96. The van der Waals surface area contributed by atoms with Gasteiger partial charge in [0.1, 0.15) is 0 Å². The van der Waals surface area contributed by atoms with Crippen LogP contribution in [-0.4, -0.2) is 11.4 Å². The van der Waals surface area contributed by atoms with Gasteiger partial charge in [0.2, 0.25) is 5.91 Å². The second kappa shape index (κ2) is 3.48. The number of carbonyl (C=O) groups excluding carboxylic acids is 1. The maximum atomic E-state index is 11.9. The van der Waals surface area contributed by atoms with E-state index < -0.39 is 0 Å². The van der Waals surface area contributed by atoms with Gasteiger partial charge in [-0.25, -0.2) is 0 Å². The van der Waals surface area contributed by atoms with E-state index in [1.165, 1.54) is 51.4 Å². The number of hydrogen-bond donors (Lipinski definition) is 1. The molecule has 2 aliphatic carbocycles. The zero-order valence-electron chi connectivity index (χ0n) is 10.3. The van der Waals surface area contributed by atoms with Crippen LogP contribution in [0.3, 0.4) is 0 Å². The van der Waals surface area contributed by atoms with Gasteiger partial charge >= 0.3 is 0 Å². The maximum Gasteiger partial charge on any atom is 0.221 e. The smallest absolute Gasteiger partial charge is 0.221 e. The Hall–Kier alpha value is -0.530. The molecule has 3 fully saturated rings. The molecule has 1 atom stereocenters. The van der Waals surface area contributed by atoms with Gasteiger partial charge in [-0.1, -0.05) is 26.2 Å². The number of carbonyl (C=O) groups is 1. The number of rotatable bonds is 2. The van der Waals surface area contributed by atoms with E-state index in [1.54, 1.807) is 0 Å². The second-order valence-corrected chi connectivity index (χ2v) is 6.15. The van der Waals surface area contributed by atoms with Crippen molar-refractivity contribution in [3.8, 4) is 0 Å². The van der Waals surface area contributed by atoms with Gasteiger partial charge in [0, 0.05) is 17.4 Å². The highest BCUT2D eigenvalue weighted by molar-refractivity contribution is 5.81. The summed E-state index contributed by atoms with van der Waals surface area (Å²) in [7, 11) is 0. The van der Waals surface area contributed by atoms with Crippen molar-refractivity contribution in [2.75, 3.05) is 0 Å². The minimum Gasteiger partial charge on any atom is -0.350 e. The molecule has 0 aromatic rings. The zero-order chi connectivity index (χ0) is 11.2. The molecule has 1 aliphatic heterocycles. The molecule has 0 aromatic heterocycles. The second-order valence-electron chi connectivity index (χ2n) is 6.15. The summed E-state index contributed by atoms with van der Waals surface area (Å²) in [6.45, 7) is 2.30. The first-order valence-electron chi connectivity index (χ1n) is 7.03. The van der Waals surface area contributed by atoms with Crippen molar-refractivity contribution in [2.24, 2.45) is 11.3 Å². The van der Waals surface area contributed by atoms with Crippen LogP contribution in [0.4, 0.5) is 0 Å². The fourth-order valence-corrected chi connectivity index (χ4v) is 4.59. The van der Waals surface area contributed by atoms with Gasteiger partial charge in [0.05, 0.1) is 0 Å². The fraction of sp³-hybridized carbons (Fsp3) is 0.929. The number of nitrogens with one attached hydrogen (secondary N) is 1. The van der Waals surface area contributed by atoms with Crippen molar-refractivity contribution in [2.45, 2.75) is 70.3 Å². The van der Waals surface area contributed by atoms with Crippen molar-refractivity contribution >= 4 is 5.91 Å². The van der Waals surface area contributed by atoms with Gasteiger partial charge < -0.3 is 5.32 Å². The molecule has 2 nitrogen and oxygen atoms in total. The van der Waals surface area contributed by atoms with E-state index in [1.807, 2.05) is 0 Å². The van der Waals surface area contributed by atoms with Crippen LogP contribution in [0, 0.1) is 11.3 Å². The first kappa shape index (κ1) is 10.6. The lowest BCUT2D eigenvalue weighted by atomic mass is 9.60. The van der Waals surface area contributed by atoms with Crippen LogP contribution in [0.2, 0.25) is 0 Å². The van der Waals surface area contributed by atoms with Crippen LogP contribution in [0.25, 0.3) is 0 Å². The molecule has 1 spiro atoms. The molecule has 3 aliphatic rings. The molecule has 0 aromatic carbocycles. The Morgan fingerprint density at radius 2 is 1.94 bits per heavy atom. The lowest BCUT2D eigenvalue weighted by molar-refractivity contribution is -0.120. The van der Waals surface area contributed by atoms with Gasteiger partial charge in [0.25, 0.3) is 0 Å². The van der Waals surface area contributed by atoms with Crippen LogP contribution in [0.15, 0.2) is 0 Å². The normalized spacial score (nSPS) is 37.7. The molecule has 3 rings (SSSR count). The third-order valence-electron chi connectivity index (χ3n) is 5.50. The summed E-state index contributed by atoms with van der Waals surface area (Å²) in [5.41, 5.74) is 0.517. The number of amides is 1. The monoisotopic (exact) mass is 221 g/mol. The van der Waals surface area contributed by atoms with Gasteiger partial charge in [-0.3, -0.25) is 4.79 Å². The summed E-state index contributed by atoms with van der Waals surface area (Å²) in [5.74, 6) is 1.17. The van der Waals surface area contributed by atoms with Crippen molar-refractivity contribution in [3.63, 3.8) is 0 Å². The highest BCUT2D eigenvalue weighted by atomic mass is 16.2. The zero-order valence-corrected chi connectivity index (χ0v) is 10.3. The molecule has 1 saturated heterocycles. The Morgan fingerprint density at radius 3 is 2.50 bits per heavy atom. The average Bonchev–Trinajstić information content (AvgIpc) is 3.08. The van der Waals surface area contributed by atoms with E-state index in [4.69, 9.17) is 0 Å². The van der Waals surface area contributed by atoms with Gasteiger partial charge in [-0.05, 0) is 38.0 Å². The van der Waals surface area contributed by atoms with E-state index in [-0.39, 0.29) is 5.54 Å². The van der Waals surface area contributed by atoms with Crippen LogP contribution in [0.1, 0.15) is 64.7 Å². The Morgan fingerprint density at radius 1 is 1.25 bits per heavy atom. The Bertz CT molecular complexity index is 302. The first-order valence-corrected chi connectivity index (χ1v) is 7.03. The molecule has 1 unspecified atom stereocenters. The van der Waals surface area contributed by atoms with Crippen molar-refractivity contribution < 1.29 is 4.79 Å². The summed E-state index contributed by atoms with van der Waals surface area (Å²) in [5, 5.41) is 3.39. The van der Waals surface area contributed by atoms with Crippen LogP contribution < -0.4 is 5.32 Å². The first-order chi connectivity index (χ1) is 7.72. The molecule has 16 heavy (non-hydrogen) atoms. The molecule has 2 saturated carbocycles. The molecular formula is C14H23NO. The fourth-order valence-electron chi connectivity index (χ4n) is 4.59. The van der Waals surface area contributed by atoms with E-state index in [0.717, 1.165) is 12.3 Å². The third kappa shape index (κ3) is 1.28. The van der Waals surface area contributed by atoms with E-state index in [2.05, 4.69) is 12.2 Å². The predicted octanol–water partition coefficient (Wildman–Crippen LogP) is 3.02. The van der Waals surface area contributed by atoms with Crippen molar-refractivity contribution in [3.05, 3.63) is 0 Å². The minimum atomic E-state index is 0.193. The van der Waals surface area contributed by atoms with Crippen molar-refractivity contribution in [1.29, 1.82) is 0 Å². The Labute approximate surface area is 98.2 Å². The molecule has 2 heteroatoms. The van der Waals surface area contributed by atoms with Crippen LogP contribution in [0.5, 0.6) is 0 Å². The molecule has 1 amide bonds. The highest BCUT2D eigenvalue weighted by Crippen LogP contribution is 2.61. The summed E-state index contributed by atoms with van der Waals surface area (Å²) in [4.78, 5) is 11.9. The number of hydrogen-bond acceptors (Lipinski definition) is 1. The van der Waals surface area contributed by atoms with Crippen molar-refractivity contribution in [1.82, 2.24) is 5.32 Å². The maximum absolute atomic E-state index is 11.9. The Kier molecular flexibility index (Phi) is 2.31. The lowest BCUT2D eigenvalue weighted by Crippen LogP contribution is -2.54. The molecule has 0 radical (unpaired) electrons. The quantitative estimate of drug-likeness (QED) is 0.763. The standard InChI is InChI=1S/C14H23NO/c1-2-13(11-6-7-11)10-12(16)15-14(13)8-4-3-5-9-14/h11H,2-10H2,1H3,(H,15,16). The SMILES string of the molecule is CCC1(C2CC2)CC(=O)NC12CCCCC2. The molecule has 90 valence electrons. The summed E-state index contributed by atoms with van der Waals surface area (Å²) in [6, 6.07) is 0. The molecular weight excluding hydrogens is 198 g/mol. The average molecular weight is 221 g/mol. The summed E-state index contributed by atoms with van der Waals surface area (Å²) in [6.07, 6.45) is 11.2. The largest absolute Gasteiger partial charge is 0.350 e. The van der Waals surface area contributed by atoms with Crippen LogP contribution >= 0.6 is 0 Å². The van der Waals surface area contributed by atoms with Gasteiger partial charge in [0.15, 0.2) is 0 Å². The molecule has 1 heterocycles. The summed E-state index contributed by atoms with van der Waals surface area (Å²) < 4.78 is 0. The van der Waals surface area contributed by atoms with E-state index >= 15 is 0 Å². The van der Waals surface area contributed by atoms with E-state index in [0.29, 0.717) is 11.3 Å². The minimum absolute atomic E-state index is 0.193. The van der Waals surface area contributed by atoms with Gasteiger partial charge in [-0.2, -0.15) is 0 Å². The molecule has 1 N–H and O–H groups in total. The highest BCUT2D eigenvalue weighted by Gasteiger charge is 2.62. The van der Waals surface area contributed by atoms with E-state index in [9.17, 15) is 4.79 Å². The van der Waals surface area contributed by atoms with Gasteiger partial charge in [-0.15, -0.1) is 0 Å².